The quantitative estimate of drug-likeness (QED) is 0.503. The highest BCUT2D eigenvalue weighted by Crippen LogP contribution is 2.28. The fourth-order valence-electron chi connectivity index (χ4n) is 3.90. The minimum absolute atomic E-state index is 0.0949. The maximum absolute atomic E-state index is 13.2. The van der Waals surface area contributed by atoms with Crippen molar-refractivity contribution in [3.63, 3.8) is 0 Å². The van der Waals surface area contributed by atoms with Gasteiger partial charge in [-0.1, -0.05) is 78.4 Å². The number of carbonyl (C=O) groups excluding carboxylic acids is 2. The second-order valence-corrected chi connectivity index (χ2v) is 8.39. The van der Waals surface area contributed by atoms with Crippen LogP contribution >= 0.6 is 0 Å². The molecule has 34 heavy (non-hydrogen) atoms. The average molecular weight is 461 g/mol. The van der Waals surface area contributed by atoms with Gasteiger partial charge in [-0.25, -0.2) is 4.79 Å². The summed E-state index contributed by atoms with van der Waals surface area (Å²) in [4.78, 5) is 25.7. The Hall–Kier alpha value is -3.84. The van der Waals surface area contributed by atoms with Crippen molar-refractivity contribution in [3.05, 3.63) is 101 Å². The summed E-state index contributed by atoms with van der Waals surface area (Å²) in [5.74, 6) is 0.177. The Morgan fingerprint density at radius 1 is 1.03 bits per heavy atom. The van der Waals surface area contributed by atoms with Gasteiger partial charge in [-0.3, -0.25) is 4.79 Å². The van der Waals surface area contributed by atoms with Crippen LogP contribution in [0.4, 0.5) is 4.79 Å². The SMILES string of the molecule is Cc1ccc2c(c1)CC(NC(=O)[C@H](Cc1ccccc1)NC(=O)OCc1ccccc1)C(O)O2. The third kappa shape index (κ3) is 6.14. The van der Waals surface area contributed by atoms with Crippen LogP contribution in [0.5, 0.6) is 5.75 Å². The first-order chi connectivity index (χ1) is 16.5. The van der Waals surface area contributed by atoms with Crippen LogP contribution in [-0.4, -0.2) is 35.5 Å². The van der Waals surface area contributed by atoms with E-state index < -0.39 is 30.4 Å². The minimum Gasteiger partial charge on any atom is -0.463 e. The maximum atomic E-state index is 13.2. The van der Waals surface area contributed by atoms with Crippen molar-refractivity contribution < 1.29 is 24.2 Å². The van der Waals surface area contributed by atoms with E-state index in [0.29, 0.717) is 12.2 Å². The molecule has 3 aromatic carbocycles. The molecule has 1 aliphatic heterocycles. The van der Waals surface area contributed by atoms with E-state index in [1.54, 1.807) is 0 Å². The van der Waals surface area contributed by atoms with Gasteiger partial charge in [0, 0.05) is 12.8 Å². The number of alkyl carbamates (subject to hydrolysis) is 1. The predicted molar refractivity (Wildman–Crippen MR) is 127 cm³/mol. The molecule has 3 aromatic rings. The Labute approximate surface area is 198 Å². The maximum Gasteiger partial charge on any atom is 0.408 e. The zero-order valence-corrected chi connectivity index (χ0v) is 18.9. The van der Waals surface area contributed by atoms with E-state index in [1.165, 1.54) is 0 Å². The number of fused-ring (bicyclic) bond motifs is 1. The fraction of sp³-hybridized carbons (Fsp3) is 0.259. The van der Waals surface area contributed by atoms with E-state index in [0.717, 1.165) is 22.3 Å². The average Bonchev–Trinajstić information content (AvgIpc) is 2.84. The molecule has 7 nitrogen and oxygen atoms in total. The van der Waals surface area contributed by atoms with Crippen LogP contribution < -0.4 is 15.4 Å². The molecule has 4 rings (SSSR count). The van der Waals surface area contributed by atoms with Gasteiger partial charge in [0.2, 0.25) is 12.2 Å². The van der Waals surface area contributed by atoms with Gasteiger partial charge in [0.05, 0.1) is 6.04 Å². The number of aliphatic hydroxyl groups excluding tert-OH is 1. The van der Waals surface area contributed by atoms with Crippen molar-refractivity contribution in [1.82, 2.24) is 10.6 Å². The number of carbonyl (C=O) groups is 2. The van der Waals surface area contributed by atoms with Crippen molar-refractivity contribution in [2.45, 2.75) is 44.7 Å². The molecule has 0 spiro atoms. The van der Waals surface area contributed by atoms with Gasteiger partial charge in [-0.15, -0.1) is 0 Å². The van der Waals surface area contributed by atoms with Gasteiger partial charge in [-0.05, 0) is 29.7 Å². The second kappa shape index (κ2) is 10.9. The lowest BCUT2D eigenvalue weighted by Crippen LogP contribution is -2.56. The second-order valence-electron chi connectivity index (χ2n) is 8.39. The Balaban J connectivity index is 1.43. The molecule has 1 aliphatic rings. The minimum atomic E-state index is -1.19. The summed E-state index contributed by atoms with van der Waals surface area (Å²) in [7, 11) is 0. The van der Waals surface area contributed by atoms with Crippen molar-refractivity contribution >= 4 is 12.0 Å². The monoisotopic (exact) mass is 460 g/mol. The Morgan fingerprint density at radius 3 is 2.41 bits per heavy atom. The number of ether oxygens (including phenoxy) is 2. The third-order valence-electron chi connectivity index (χ3n) is 5.68. The zero-order valence-electron chi connectivity index (χ0n) is 18.9. The van der Waals surface area contributed by atoms with E-state index in [-0.39, 0.29) is 13.0 Å². The number of rotatable bonds is 7. The molecule has 1 heterocycles. The molecule has 0 fully saturated rings. The zero-order chi connectivity index (χ0) is 23.9. The molecule has 0 aromatic heterocycles. The molecule has 3 atom stereocenters. The summed E-state index contributed by atoms with van der Waals surface area (Å²) in [6, 6.07) is 22.9. The van der Waals surface area contributed by atoms with Gasteiger partial charge >= 0.3 is 6.09 Å². The van der Waals surface area contributed by atoms with E-state index in [2.05, 4.69) is 10.6 Å². The summed E-state index contributed by atoms with van der Waals surface area (Å²) >= 11 is 0. The molecule has 0 saturated heterocycles. The first-order valence-electron chi connectivity index (χ1n) is 11.2. The van der Waals surface area contributed by atoms with Crippen LogP contribution in [0.1, 0.15) is 22.3 Å². The van der Waals surface area contributed by atoms with Gasteiger partial charge in [-0.2, -0.15) is 0 Å². The van der Waals surface area contributed by atoms with Gasteiger partial charge in [0.15, 0.2) is 0 Å². The molecule has 0 bridgehead atoms. The van der Waals surface area contributed by atoms with Crippen LogP contribution in [-0.2, 0) is 29.0 Å². The number of aliphatic hydroxyl groups is 1. The van der Waals surface area contributed by atoms with Gasteiger partial charge < -0.3 is 25.2 Å². The molecule has 2 amide bonds. The molecule has 176 valence electrons. The fourth-order valence-corrected chi connectivity index (χ4v) is 3.90. The van der Waals surface area contributed by atoms with Crippen molar-refractivity contribution in [2.75, 3.05) is 0 Å². The van der Waals surface area contributed by atoms with Crippen molar-refractivity contribution in [3.8, 4) is 5.75 Å². The number of aryl methyl sites for hydroxylation is 1. The Bertz CT molecular complexity index is 1120. The van der Waals surface area contributed by atoms with Crippen LogP contribution in [0.15, 0.2) is 78.9 Å². The topological polar surface area (TPSA) is 96.9 Å². The highest BCUT2D eigenvalue weighted by atomic mass is 16.6. The Kier molecular flexibility index (Phi) is 7.44. The molecule has 7 heteroatoms. The molecule has 0 radical (unpaired) electrons. The summed E-state index contributed by atoms with van der Waals surface area (Å²) < 4.78 is 10.9. The number of amides is 2. The summed E-state index contributed by atoms with van der Waals surface area (Å²) in [6.07, 6.45) is -1.20. The van der Waals surface area contributed by atoms with Crippen LogP contribution in [0.3, 0.4) is 0 Å². The third-order valence-corrected chi connectivity index (χ3v) is 5.68. The lowest BCUT2D eigenvalue weighted by Gasteiger charge is -2.32. The molecular formula is C27H28N2O5. The number of hydrogen-bond donors (Lipinski definition) is 3. The Morgan fingerprint density at radius 2 is 1.71 bits per heavy atom. The molecule has 0 aliphatic carbocycles. The lowest BCUT2D eigenvalue weighted by atomic mass is 9.98. The standard InChI is InChI=1S/C27H28N2O5/c1-18-12-13-24-21(14-18)16-23(26(31)34-24)28-25(30)22(15-19-8-4-2-5-9-19)29-27(32)33-17-20-10-6-3-7-11-20/h2-14,22-23,26,31H,15-17H2,1H3,(H,28,30)(H,29,32)/t22-,23?,26?/m0/s1. The summed E-state index contributed by atoms with van der Waals surface area (Å²) in [5, 5.41) is 16.0. The van der Waals surface area contributed by atoms with Gasteiger partial charge in [0.1, 0.15) is 18.4 Å². The molecule has 0 saturated carbocycles. The lowest BCUT2D eigenvalue weighted by molar-refractivity contribution is -0.128. The molecule has 2 unspecified atom stereocenters. The van der Waals surface area contributed by atoms with Crippen molar-refractivity contribution in [2.24, 2.45) is 0 Å². The summed E-state index contributed by atoms with van der Waals surface area (Å²) in [6.45, 7) is 2.07. The van der Waals surface area contributed by atoms with E-state index in [9.17, 15) is 14.7 Å². The number of nitrogens with one attached hydrogen (secondary N) is 2. The molecule has 3 N–H and O–H groups in total. The highest BCUT2D eigenvalue weighted by Gasteiger charge is 2.32. The van der Waals surface area contributed by atoms with Crippen LogP contribution in [0.2, 0.25) is 0 Å². The van der Waals surface area contributed by atoms with Gasteiger partial charge in [0.25, 0.3) is 0 Å². The normalized spacial score (nSPS) is 17.6. The largest absolute Gasteiger partial charge is 0.463 e. The van der Waals surface area contributed by atoms with E-state index in [4.69, 9.17) is 9.47 Å². The molecular weight excluding hydrogens is 432 g/mol. The first kappa shape index (κ1) is 23.3. The van der Waals surface area contributed by atoms with Crippen LogP contribution in [0, 0.1) is 6.92 Å². The first-order valence-corrected chi connectivity index (χ1v) is 11.2. The predicted octanol–water partition coefficient (Wildman–Crippen LogP) is 3.27. The van der Waals surface area contributed by atoms with Crippen molar-refractivity contribution in [1.29, 1.82) is 0 Å². The smallest absolute Gasteiger partial charge is 0.408 e. The number of hydrogen-bond acceptors (Lipinski definition) is 5. The highest BCUT2D eigenvalue weighted by molar-refractivity contribution is 5.86. The van der Waals surface area contributed by atoms with E-state index in [1.807, 2.05) is 85.8 Å². The van der Waals surface area contributed by atoms with E-state index >= 15 is 0 Å². The summed E-state index contributed by atoms with van der Waals surface area (Å²) in [5.41, 5.74) is 3.70. The number of benzene rings is 3. The van der Waals surface area contributed by atoms with Crippen LogP contribution in [0.25, 0.3) is 0 Å².